The number of carbonyl (C=O) groups excluding carboxylic acids is 1. The van der Waals surface area contributed by atoms with Crippen LogP contribution in [0.4, 0.5) is 0 Å². The second kappa shape index (κ2) is 27.3. The number of phenols is 1. The van der Waals surface area contributed by atoms with Gasteiger partial charge in [-0.25, -0.2) is 4.79 Å². The number of Topliss-reactive ketones (excluding diaryl/α,β-unsaturated/α-hetero) is 1. The first-order valence-electron chi connectivity index (χ1n) is 17.8. The third-order valence-corrected chi connectivity index (χ3v) is 8.55. The lowest BCUT2D eigenvalue weighted by atomic mass is 10.0. The fraction of sp³-hybridized carbons (Fsp3) is 0.737. The van der Waals surface area contributed by atoms with Crippen molar-refractivity contribution < 1.29 is 24.5 Å². The molecule has 0 aliphatic heterocycles. The summed E-state index contributed by atoms with van der Waals surface area (Å²) in [6.07, 6.45) is 34.9. The summed E-state index contributed by atoms with van der Waals surface area (Å²) in [4.78, 5) is 24.2. The molecule has 0 saturated carbocycles. The van der Waals surface area contributed by atoms with E-state index in [2.05, 4.69) is 6.92 Å². The number of ketones is 1. The number of hydrogen-bond acceptors (Lipinski definition) is 4. The lowest BCUT2D eigenvalue weighted by Gasteiger charge is -2.06. The van der Waals surface area contributed by atoms with Crippen molar-refractivity contribution in [2.45, 2.75) is 174 Å². The molecule has 0 aliphatic rings. The zero-order valence-corrected chi connectivity index (χ0v) is 27.8. The number of carbonyl (C=O) groups is 2. The molecule has 5 heteroatoms. The predicted octanol–water partition coefficient (Wildman–Crippen LogP) is 11.6. The number of benzene rings is 1. The van der Waals surface area contributed by atoms with Crippen LogP contribution in [-0.4, -0.2) is 29.1 Å². The molecule has 1 rings (SSSR count). The summed E-state index contributed by atoms with van der Waals surface area (Å²) in [5, 5.41) is 19.2. The monoisotopic (exact) mass is 600 g/mol. The summed E-state index contributed by atoms with van der Waals surface area (Å²) < 4.78 is 5.06. The van der Waals surface area contributed by atoms with Gasteiger partial charge in [-0.2, -0.15) is 0 Å². The topological polar surface area (TPSA) is 83.8 Å². The van der Waals surface area contributed by atoms with Gasteiger partial charge >= 0.3 is 5.97 Å². The molecule has 2 N–H and O–H groups in total. The largest absolute Gasteiger partial charge is 0.504 e. The van der Waals surface area contributed by atoms with E-state index in [0.717, 1.165) is 12.8 Å². The van der Waals surface area contributed by atoms with Crippen molar-refractivity contribution in [2.24, 2.45) is 0 Å². The Hall–Kier alpha value is -2.30. The quantitative estimate of drug-likeness (QED) is 0.0397. The number of carboxylic acids is 1. The Bertz CT molecular complexity index is 875. The van der Waals surface area contributed by atoms with Crippen LogP contribution in [0.3, 0.4) is 0 Å². The van der Waals surface area contributed by atoms with E-state index in [-0.39, 0.29) is 29.3 Å². The normalized spacial score (nSPS) is 11.6. The molecule has 0 aromatic heterocycles. The molecule has 0 heterocycles. The lowest BCUT2D eigenvalue weighted by molar-refractivity contribution is -0.134. The van der Waals surface area contributed by atoms with Crippen molar-refractivity contribution in [3.63, 3.8) is 0 Å². The van der Waals surface area contributed by atoms with E-state index in [0.29, 0.717) is 12.0 Å². The van der Waals surface area contributed by atoms with Crippen molar-refractivity contribution in [1.29, 1.82) is 0 Å². The highest BCUT2D eigenvalue weighted by Crippen LogP contribution is 2.27. The molecule has 0 unspecified atom stereocenters. The van der Waals surface area contributed by atoms with Gasteiger partial charge in [0.25, 0.3) is 0 Å². The van der Waals surface area contributed by atoms with E-state index in [1.807, 2.05) is 0 Å². The number of phenolic OH excluding ortho intramolecular Hbond substituents is 1. The maximum absolute atomic E-state index is 12.5. The molecule has 0 spiro atoms. The van der Waals surface area contributed by atoms with Gasteiger partial charge in [0.2, 0.25) is 0 Å². The van der Waals surface area contributed by atoms with E-state index < -0.39 is 5.97 Å². The van der Waals surface area contributed by atoms with Crippen LogP contribution in [0.2, 0.25) is 0 Å². The first kappa shape index (κ1) is 38.7. The van der Waals surface area contributed by atoms with Crippen LogP contribution < -0.4 is 4.74 Å². The van der Waals surface area contributed by atoms with Gasteiger partial charge in [-0.3, -0.25) is 4.79 Å². The van der Waals surface area contributed by atoms with Gasteiger partial charge < -0.3 is 14.9 Å². The SMILES string of the molecule is CCCCCCCCCCCCCCCCCCCCCCCCCCCC(=O)C(=Cc1ccc(O)c(OC)c1)C(=O)O. The minimum atomic E-state index is -1.23. The smallest absolute Gasteiger partial charge is 0.339 e. The average Bonchev–Trinajstić information content (AvgIpc) is 3.00. The molecular formula is C38H64O5. The van der Waals surface area contributed by atoms with E-state index in [1.54, 1.807) is 6.07 Å². The molecule has 0 saturated heterocycles. The van der Waals surface area contributed by atoms with Gasteiger partial charge in [-0.05, 0) is 30.2 Å². The van der Waals surface area contributed by atoms with Crippen LogP contribution in [0, 0.1) is 0 Å². The zero-order valence-electron chi connectivity index (χ0n) is 27.8. The lowest BCUT2D eigenvalue weighted by Crippen LogP contribution is -2.12. The van der Waals surface area contributed by atoms with E-state index in [1.165, 1.54) is 167 Å². The van der Waals surface area contributed by atoms with E-state index in [9.17, 15) is 19.8 Å². The summed E-state index contributed by atoms with van der Waals surface area (Å²) in [5.74, 6) is -1.37. The molecule has 0 bridgehead atoms. The van der Waals surface area contributed by atoms with Crippen LogP contribution in [0.15, 0.2) is 23.8 Å². The Morgan fingerprint density at radius 1 is 0.628 bits per heavy atom. The number of ether oxygens (including phenoxy) is 1. The molecule has 246 valence electrons. The Kier molecular flexibility index (Phi) is 24.6. The fourth-order valence-electron chi connectivity index (χ4n) is 5.77. The van der Waals surface area contributed by atoms with Crippen molar-refractivity contribution in [3.05, 3.63) is 29.3 Å². The maximum atomic E-state index is 12.5. The summed E-state index contributed by atoms with van der Waals surface area (Å²) in [7, 11) is 1.42. The Morgan fingerprint density at radius 3 is 1.35 bits per heavy atom. The third-order valence-electron chi connectivity index (χ3n) is 8.55. The van der Waals surface area contributed by atoms with Crippen molar-refractivity contribution in [3.8, 4) is 11.5 Å². The standard InChI is InChI=1S/C38H64O5/c1-3-4-5-6-7-8-9-10-11-12-13-14-15-16-17-18-19-20-21-22-23-24-25-26-27-28-35(39)34(38(41)42)31-33-29-30-36(40)37(32-33)43-2/h29-32,40H,3-28H2,1-2H3,(H,41,42). The number of methoxy groups -OCH3 is 1. The minimum Gasteiger partial charge on any atom is -0.504 e. The predicted molar refractivity (Wildman–Crippen MR) is 181 cm³/mol. The van der Waals surface area contributed by atoms with Crippen molar-refractivity contribution >= 4 is 17.8 Å². The van der Waals surface area contributed by atoms with Gasteiger partial charge in [-0.1, -0.05) is 167 Å². The van der Waals surface area contributed by atoms with Crippen LogP contribution >= 0.6 is 0 Å². The second-order valence-electron chi connectivity index (χ2n) is 12.5. The molecule has 0 amide bonds. The number of aliphatic carboxylic acids is 1. The molecule has 1 aromatic rings. The highest BCUT2D eigenvalue weighted by molar-refractivity contribution is 6.20. The van der Waals surface area contributed by atoms with Gasteiger partial charge in [0.05, 0.1) is 7.11 Å². The number of unbranched alkanes of at least 4 members (excludes halogenated alkanes) is 24. The second-order valence-corrected chi connectivity index (χ2v) is 12.5. The Labute approximate surface area is 263 Å². The molecule has 5 nitrogen and oxygen atoms in total. The van der Waals surface area contributed by atoms with Gasteiger partial charge in [-0.15, -0.1) is 0 Å². The maximum Gasteiger partial charge on any atom is 0.339 e. The third kappa shape index (κ3) is 21.1. The number of rotatable bonds is 30. The summed E-state index contributed by atoms with van der Waals surface area (Å²) >= 11 is 0. The molecular weight excluding hydrogens is 536 g/mol. The van der Waals surface area contributed by atoms with Gasteiger partial charge in [0.15, 0.2) is 17.3 Å². The van der Waals surface area contributed by atoms with Gasteiger partial charge in [0, 0.05) is 6.42 Å². The molecule has 1 aromatic carbocycles. The molecule has 0 atom stereocenters. The highest BCUT2D eigenvalue weighted by atomic mass is 16.5. The first-order valence-corrected chi connectivity index (χ1v) is 17.8. The van der Waals surface area contributed by atoms with Gasteiger partial charge in [0.1, 0.15) is 5.57 Å². The molecule has 0 radical (unpaired) electrons. The number of carboxylic acid groups (broad SMARTS) is 1. The Morgan fingerprint density at radius 2 is 1.00 bits per heavy atom. The summed E-state index contributed by atoms with van der Waals surface area (Å²) in [6, 6.07) is 4.51. The number of hydrogen-bond donors (Lipinski definition) is 2. The molecule has 0 fully saturated rings. The first-order chi connectivity index (χ1) is 21.0. The van der Waals surface area contributed by atoms with E-state index in [4.69, 9.17) is 4.74 Å². The van der Waals surface area contributed by atoms with Crippen LogP contribution in [0.25, 0.3) is 6.08 Å². The molecule has 0 aliphatic carbocycles. The zero-order chi connectivity index (χ0) is 31.4. The van der Waals surface area contributed by atoms with Crippen molar-refractivity contribution in [1.82, 2.24) is 0 Å². The average molecular weight is 601 g/mol. The Balaban J connectivity index is 1.91. The van der Waals surface area contributed by atoms with E-state index >= 15 is 0 Å². The number of aromatic hydroxyl groups is 1. The summed E-state index contributed by atoms with van der Waals surface area (Å²) in [6.45, 7) is 2.29. The van der Waals surface area contributed by atoms with Crippen LogP contribution in [0.5, 0.6) is 11.5 Å². The molecule has 43 heavy (non-hydrogen) atoms. The van der Waals surface area contributed by atoms with Crippen LogP contribution in [0.1, 0.15) is 179 Å². The summed E-state index contributed by atoms with van der Waals surface area (Å²) in [5.41, 5.74) is 0.285. The van der Waals surface area contributed by atoms with Crippen molar-refractivity contribution in [2.75, 3.05) is 7.11 Å². The van der Waals surface area contributed by atoms with Crippen LogP contribution in [-0.2, 0) is 9.59 Å². The minimum absolute atomic E-state index is 0.0294. The fourth-order valence-corrected chi connectivity index (χ4v) is 5.77. The highest BCUT2D eigenvalue weighted by Gasteiger charge is 2.17.